The van der Waals surface area contributed by atoms with Gasteiger partial charge in [0.15, 0.2) is 0 Å². The van der Waals surface area contributed by atoms with Crippen LogP contribution in [0.2, 0.25) is 0 Å². The Bertz CT molecular complexity index is 422. The summed E-state index contributed by atoms with van der Waals surface area (Å²) in [5.41, 5.74) is 1.04. The second kappa shape index (κ2) is 7.10. The van der Waals surface area contributed by atoms with Gasteiger partial charge in [-0.05, 0) is 5.56 Å². The highest BCUT2D eigenvalue weighted by Crippen LogP contribution is 2.21. The number of methoxy groups -OCH3 is 1. The molecule has 0 fully saturated rings. The SMILES string of the molecule is COCCS(=O)(=O)NCC(Br)c1ccccc1. The molecule has 17 heavy (non-hydrogen) atoms. The van der Waals surface area contributed by atoms with E-state index < -0.39 is 10.0 Å². The number of hydrogen-bond acceptors (Lipinski definition) is 3. The topological polar surface area (TPSA) is 55.4 Å². The Morgan fingerprint density at radius 2 is 2.00 bits per heavy atom. The fraction of sp³-hybridized carbons (Fsp3) is 0.455. The predicted molar refractivity (Wildman–Crippen MR) is 71.8 cm³/mol. The van der Waals surface area contributed by atoms with Crippen LogP contribution in [-0.4, -0.2) is 34.4 Å². The van der Waals surface area contributed by atoms with E-state index in [1.54, 1.807) is 0 Å². The van der Waals surface area contributed by atoms with Crippen molar-refractivity contribution in [1.82, 2.24) is 4.72 Å². The van der Waals surface area contributed by atoms with Crippen molar-refractivity contribution in [1.29, 1.82) is 0 Å². The second-order valence-corrected chi connectivity index (χ2v) is 6.57. The predicted octanol–water partition coefficient (Wildman–Crippen LogP) is 1.69. The van der Waals surface area contributed by atoms with E-state index in [0.29, 0.717) is 6.54 Å². The molecule has 1 unspecified atom stereocenters. The summed E-state index contributed by atoms with van der Waals surface area (Å²) in [5, 5.41) is 0. The van der Waals surface area contributed by atoms with Crippen LogP contribution in [0.3, 0.4) is 0 Å². The fourth-order valence-corrected chi connectivity index (χ4v) is 2.88. The molecule has 6 heteroatoms. The zero-order valence-corrected chi connectivity index (χ0v) is 12.0. The number of nitrogens with one attached hydrogen (secondary N) is 1. The third-order valence-corrected chi connectivity index (χ3v) is 4.36. The van der Waals surface area contributed by atoms with Gasteiger partial charge >= 0.3 is 0 Å². The lowest BCUT2D eigenvalue weighted by Crippen LogP contribution is -2.30. The van der Waals surface area contributed by atoms with Gasteiger partial charge in [-0.25, -0.2) is 13.1 Å². The molecular weight excluding hydrogens is 306 g/mol. The summed E-state index contributed by atoms with van der Waals surface area (Å²) in [5.74, 6) is -0.0159. The first-order valence-electron chi connectivity index (χ1n) is 5.20. The monoisotopic (exact) mass is 321 g/mol. The lowest BCUT2D eigenvalue weighted by Gasteiger charge is -2.11. The van der Waals surface area contributed by atoms with Gasteiger partial charge in [0.2, 0.25) is 10.0 Å². The third-order valence-electron chi connectivity index (χ3n) is 2.20. The van der Waals surface area contributed by atoms with Crippen molar-refractivity contribution >= 4 is 26.0 Å². The Kier molecular flexibility index (Phi) is 6.11. The molecule has 1 atom stereocenters. The van der Waals surface area contributed by atoms with Crippen LogP contribution in [-0.2, 0) is 14.8 Å². The summed E-state index contributed by atoms with van der Waals surface area (Å²) in [6.07, 6.45) is 0. The quantitative estimate of drug-likeness (QED) is 0.777. The average molecular weight is 322 g/mol. The Balaban J connectivity index is 2.46. The van der Waals surface area contributed by atoms with Gasteiger partial charge in [-0.3, -0.25) is 0 Å². The third kappa shape index (κ3) is 5.63. The van der Waals surface area contributed by atoms with E-state index in [1.807, 2.05) is 30.3 Å². The molecule has 0 aliphatic carbocycles. The zero-order chi connectivity index (χ0) is 12.7. The fourth-order valence-electron chi connectivity index (χ4n) is 1.25. The normalized spacial score (nSPS) is 13.5. The first-order chi connectivity index (χ1) is 8.05. The lowest BCUT2D eigenvalue weighted by atomic mass is 10.2. The summed E-state index contributed by atoms with van der Waals surface area (Å²) >= 11 is 3.45. The maximum atomic E-state index is 11.5. The smallest absolute Gasteiger partial charge is 0.213 e. The number of alkyl halides is 1. The van der Waals surface area contributed by atoms with Crippen LogP contribution in [0.5, 0.6) is 0 Å². The van der Waals surface area contributed by atoms with Gasteiger partial charge in [-0.15, -0.1) is 0 Å². The van der Waals surface area contributed by atoms with Crippen LogP contribution in [0.15, 0.2) is 30.3 Å². The van der Waals surface area contributed by atoms with Gasteiger partial charge in [0.25, 0.3) is 0 Å². The lowest BCUT2D eigenvalue weighted by molar-refractivity contribution is 0.217. The molecule has 0 saturated carbocycles. The molecule has 0 aliphatic heterocycles. The highest BCUT2D eigenvalue weighted by Gasteiger charge is 2.13. The second-order valence-electron chi connectivity index (χ2n) is 3.54. The van der Waals surface area contributed by atoms with Gasteiger partial charge in [0.1, 0.15) is 0 Å². The molecule has 1 aromatic carbocycles. The Morgan fingerprint density at radius 3 is 2.59 bits per heavy atom. The minimum atomic E-state index is -3.25. The maximum absolute atomic E-state index is 11.5. The van der Waals surface area contributed by atoms with E-state index in [9.17, 15) is 8.42 Å². The van der Waals surface area contributed by atoms with Crippen molar-refractivity contribution in [3.05, 3.63) is 35.9 Å². The van der Waals surface area contributed by atoms with Crippen molar-refractivity contribution in [2.45, 2.75) is 4.83 Å². The van der Waals surface area contributed by atoms with Crippen molar-refractivity contribution in [2.75, 3.05) is 26.0 Å². The van der Waals surface area contributed by atoms with E-state index in [1.165, 1.54) is 7.11 Å². The van der Waals surface area contributed by atoms with Crippen LogP contribution < -0.4 is 4.72 Å². The van der Waals surface area contributed by atoms with Crippen LogP contribution in [0.4, 0.5) is 0 Å². The molecule has 1 aromatic rings. The molecule has 0 aromatic heterocycles. The molecule has 96 valence electrons. The van der Waals surface area contributed by atoms with Crippen LogP contribution in [0, 0.1) is 0 Å². The van der Waals surface area contributed by atoms with Gasteiger partial charge in [-0.1, -0.05) is 46.3 Å². The zero-order valence-electron chi connectivity index (χ0n) is 9.60. The molecule has 4 nitrogen and oxygen atoms in total. The highest BCUT2D eigenvalue weighted by molar-refractivity contribution is 9.09. The summed E-state index contributed by atoms with van der Waals surface area (Å²) in [6.45, 7) is 0.531. The Labute approximate surface area is 111 Å². The van der Waals surface area contributed by atoms with Gasteiger partial charge in [-0.2, -0.15) is 0 Å². The summed E-state index contributed by atoms with van der Waals surface area (Å²) < 4.78 is 30.3. The molecule has 0 saturated heterocycles. The molecule has 0 heterocycles. The molecule has 1 rings (SSSR count). The Morgan fingerprint density at radius 1 is 1.35 bits per heavy atom. The summed E-state index contributed by atoms with van der Waals surface area (Å²) in [7, 11) is -1.77. The van der Waals surface area contributed by atoms with E-state index in [4.69, 9.17) is 4.74 Å². The summed E-state index contributed by atoms with van der Waals surface area (Å²) in [4.78, 5) is -0.0268. The van der Waals surface area contributed by atoms with Crippen molar-refractivity contribution < 1.29 is 13.2 Å². The molecule has 0 amide bonds. The van der Waals surface area contributed by atoms with E-state index in [2.05, 4.69) is 20.7 Å². The molecule has 0 bridgehead atoms. The number of rotatable bonds is 7. The van der Waals surface area contributed by atoms with Gasteiger partial charge < -0.3 is 4.74 Å². The van der Waals surface area contributed by atoms with E-state index in [0.717, 1.165) is 5.56 Å². The van der Waals surface area contributed by atoms with E-state index in [-0.39, 0.29) is 17.2 Å². The largest absolute Gasteiger partial charge is 0.384 e. The summed E-state index contributed by atoms with van der Waals surface area (Å²) in [6, 6.07) is 9.66. The number of hydrogen-bond donors (Lipinski definition) is 1. The number of benzene rings is 1. The van der Waals surface area contributed by atoms with Crippen LogP contribution in [0.25, 0.3) is 0 Å². The molecule has 0 spiro atoms. The van der Waals surface area contributed by atoms with Crippen LogP contribution in [0.1, 0.15) is 10.4 Å². The number of sulfonamides is 1. The van der Waals surface area contributed by atoms with Gasteiger partial charge in [0, 0.05) is 13.7 Å². The first-order valence-corrected chi connectivity index (χ1v) is 7.77. The standard InChI is InChI=1S/C11H16BrNO3S/c1-16-7-8-17(14,15)13-9-11(12)10-5-3-2-4-6-10/h2-6,11,13H,7-9H2,1H3. The molecule has 0 radical (unpaired) electrons. The molecular formula is C11H16BrNO3S. The van der Waals surface area contributed by atoms with Crippen molar-refractivity contribution in [3.63, 3.8) is 0 Å². The van der Waals surface area contributed by atoms with Gasteiger partial charge in [0.05, 0.1) is 17.2 Å². The highest BCUT2D eigenvalue weighted by atomic mass is 79.9. The van der Waals surface area contributed by atoms with Crippen LogP contribution >= 0.6 is 15.9 Å². The minimum absolute atomic E-state index is 0.0159. The number of ether oxygens (including phenoxy) is 1. The molecule has 0 aliphatic rings. The maximum Gasteiger partial charge on any atom is 0.213 e. The van der Waals surface area contributed by atoms with Crippen molar-refractivity contribution in [3.8, 4) is 0 Å². The molecule has 1 N–H and O–H groups in total. The average Bonchev–Trinajstić information content (AvgIpc) is 2.35. The number of halogens is 1. The van der Waals surface area contributed by atoms with E-state index >= 15 is 0 Å². The minimum Gasteiger partial charge on any atom is -0.384 e. The Hall–Kier alpha value is -0.430. The first kappa shape index (κ1) is 14.6. The van der Waals surface area contributed by atoms with Crippen molar-refractivity contribution in [2.24, 2.45) is 0 Å².